The first-order valence-electron chi connectivity index (χ1n) is 7.00. The average molecular weight is 294 g/mol. The Balaban J connectivity index is 1.97. The molecule has 0 aliphatic heterocycles. The van der Waals surface area contributed by atoms with E-state index >= 15 is 0 Å². The van der Waals surface area contributed by atoms with Crippen LogP contribution in [0, 0.1) is 0 Å². The van der Waals surface area contributed by atoms with Crippen LogP contribution < -0.4 is 15.8 Å². The van der Waals surface area contributed by atoms with E-state index in [2.05, 4.69) is 11.6 Å². The first-order valence-corrected chi connectivity index (χ1v) is 8.28. The second-order valence-corrected chi connectivity index (χ2v) is 6.16. The summed E-state index contributed by atoms with van der Waals surface area (Å²) in [6.07, 6.45) is 5.42. The molecule has 0 spiro atoms. The van der Waals surface area contributed by atoms with Crippen LogP contribution in [0.5, 0.6) is 5.75 Å². The number of benzene rings is 1. The van der Waals surface area contributed by atoms with Crippen molar-refractivity contribution in [1.82, 2.24) is 5.32 Å². The molecule has 20 heavy (non-hydrogen) atoms. The number of carbonyl (C=O) groups excluding carboxylic acids is 1. The SMILES string of the molecule is CCOc1ccc(C(=O)NC2CCC(SC)C2)cc1N. The summed E-state index contributed by atoms with van der Waals surface area (Å²) < 4.78 is 5.37. The minimum atomic E-state index is -0.0495. The number of nitrogens with two attached hydrogens (primary N) is 1. The highest BCUT2D eigenvalue weighted by Gasteiger charge is 2.25. The Bertz CT molecular complexity index is 479. The summed E-state index contributed by atoms with van der Waals surface area (Å²) in [7, 11) is 0. The van der Waals surface area contributed by atoms with Gasteiger partial charge in [-0.1, -0.05) is 0 Å². The normalized spacial score (nSPS) is 21.7. The van der Waals surface area contributed by atoms with Gasteiger partial charge in [0.15, 0.2) is 0 Å². The summed E-state index contributed by atoms with van der Waals surface area (Å²) in [4.78, 5) is 12.2. The van der Waals surface area contributed by atoms with Gasteiger partial charge in [0.1, 0.15) is 5.75 Å². The number of amides is 1. The summed E-state index contributed by atoms with van der Waals surface area (Å²) in [6.45, 7) is 2.47. The molecular weight excluding hydrogens is 272 g/mol. The van der Waals surface area contributed by atoms with Gasteiger partial charge in [0.2, 0.25) is 0 Å². The van der Waals surface area contributed by atoms with Crippen LogP contribution in [0.4, 0.5) is 5.69 Å². The zero-order valence-corrected chi connectivity index (χ0v) is 12.8. The lowest BCUT2D eigenvalue weighted by molar-refractivity contribution is 0.0938. The fourth-order valence-corrected chi connectivity index (χ4v) is 3.33. The van der Waals surface area contributed by atoms with Gasteiger partial charge in [-0.3, -0.25) is 4.79 Å². The van der Waals surface area contributed by atoms with Crippen LogP contribution in [0.1, 0.15) is 36.5 Å². The van der Waals surface area contributed by atoms with Crippen LogP contribution in [0.2, 0.25) is 0 Å². The number of carbonyl (C=O) groups is 1. The zero-order valence-electron chi connectivity index (χ0n) is 12.0. The molecule has 1 aromatic carbocycles. The molecule has 0 radical (unpaired) electrons. The molecule has 2 atom stereocenters. The highest BCUT2D eigenvalue weighted by atomic mass is 32.2. The van der Waals surface area contributed by atoms with E-state index < -0.39 is 0 Å². The topological polar surface area (TPSA) is 64.3 Å². The number of anilines is 1. The zero-order chi connectivity index (χ0) is 14.5. The van der Waals surface area contributed by atoms with Gasteiger partial charge in [-0.05, 0) is 50.6 Å². The predicted molar refractivity (Wildman–Crippen MR) is 84.4 cm³/mol. The van der Waals surface area contributed by atoms with Crippen molar-refractivity contribution in [3.63, 3.8) is 0 Å². The second-order valence-electron chi connectivity index (χ2n) is 5.03. The number of hydrogen-bond acceptors (Lipinski definition) is 4. The number of nitrogens with one attached hydrogen (secondary N) is 1. The third-order valence-electron chi connectivity index (χ3n) is 3.62. The molecule has 3 N–H and O–H groups in total. The largest absolute Gasteiger partial charge is 0.492 e. The molecule has 5 heteroatoms. The first kappa shape index (κ1) is 15.0. The van der Waals surface area contributed by atoms with Gasteiger partial charge < -0.3 is 15.8 Å². The van der Waals surface area contributed by atoms with E-state index in [4.69, 9.17) is 10.5 Å². The molecule has 1 amide bonds. The molecule has 110 valence electrons. The summed E-state index contributed by atoms with van der Waals surface area (Å²) >= 11 is 1.88. The number of nitrogen functional groups attached to an aromatic ring is 1. The molecule has 2 rings (SSSR count). The van der Waals surface area contributed by atoms with Crippen LogP contribution in [-0.4, -0.2) is 30.1 Å². The third kappa shape index (κ3) is 3.60. The van der Waals surface area contributed by atoms with E-state index in [1.165, 1.54) is 6.42 Å². The predicted octanol–water partition coefficient (Wildman–Crippen LogP) is 2.68. The Hall–Kier alpha value is -1.36. The van der Waals surface area contributed by atoms with Crippen LogP contribution in [0.25, 0.3) is 0 Å². The van der Waals surface area contributed by atoms with Crippen molar-refractivity contribution in [1.29, 1.82) is 0 Å². The molecule has 1 fully saturated rings. The van der Waals surface area contributed by atoms with Gasteiger partial charge in [0.25, 0.3) is 5.91 Å². The fourth-order valence-electron chi connectivity index (χ4n) is 2.53. The average Bonchev–Trinajstić information content (AvgIpc) is 2.89. The van der Waals surface area contributed by atoms with Gasteiger partial charge in [-0.15, -0.1) is 0 Å². The van der Waals surface area contributed by atoms with Crippen LogP contribution in [-0.2, 0) is 0 Å². The maximum Gasteiger partial charge on any atom is 0.251 e. The van der Waals surface area contributed by atoms with Crippen molar-refractivity contribution in [2.45, 2.75) is 37.5 Å². The molecule has 4 nitrogen and oxygen atoms in total. The molecule has 1 aliphatic carbocycles. The Morgan fingerprint density at radius 2 is 2.30 bits per heavy atom. The highest BCUT2D eigenvalue weighted by molar-refractivity contribution is 7.99. The molecular formula is C15H22N2O2S. The van der Waals surface area contributed by atoms with Gasteiger partial charge in [0, 0.05) is 16.9 Å². The van der Waals surface area contributed by atoms with E-state index in [9.17, 15) is 4.79 Å². The van der Waals surface area contributed by atoms with Crippen molar-refractivity contribution in [2.75, 3.05) is 18.6 Å². The van der Waals surface area contributed by atoms with Crippen molar-refractivity contribution >= 4 is 23.4 Å². The minimum Gasteiger partial charge on any atom is -0.492 e. The van der Waals surface area contributed by atoms with Crippen molar-refractivity contribution in [3.05, 3.63) is 23.8 Å². The maximum absolute atomic E-state index is 12.2. The molecule has 0 saturated heterocycles. The van der Waals surface area contributed by atoms with Gasteiger partial charge in [0.05, 0.1) is 12.3 Å². The quantitative estimate of drug-likeness (QED) is 0.820. The smallest absolute Gasteiger partial charge is 0.251 e. The summed E-state index contributed by atoms with van der Waals surface area (Å²) in [5.74, 6) is 0.582. The monoisotopic (exact) mass is 294 g/mol. The van der Waals surface area contributed by atoms with E-state index in [0.717, 1.165) is 12.8 Å². The van der Waals surface area contributed by atoms with Crippen LogP contribution in [0.3, 0.4) is 0 Å². The molecule has 0 aromatic heterocycles. The summed E-state index contributed by atoms with van der Waals surface area (Å²) in [5, 5.41) is 3.76. The van der Waals surface area contributed by atoms with Crippen LogP contribution in [0.15, 0.2) is 18.2 Å². The van der Waals surface area contributed by atoms with Crippen molar-refractivity contribution < 1.29 is 9.53 Å². The standard InChI is InChI=1S/C15H22N2O2S/c1-3-19-14-7-4-10(8-13(14)16)15(18)17-11-5-6-12(9-11)20-2/h4,7-8,11-12H,3,5-6,9,16H2,1-2H3,(H,17,18). The third-order valence-corrected chi connectivity index (χ3v) is 4.72. The molecule has 0 heterocycles. The Morgan fingerprint density at radius 3 is 2.90 bits per heavy atom. The van der Waals surface area contributed by atoms with E-state index in [-0.39, 0.29) is 11.9 Å². The first-order chi connectivity index (χ1) is 9.63. The molecule has 1 aromatic rings. The van der Waals surface area contributed by atoms with Gasteiger partial charge in [-0.25, -0.2) is 0 Å². The summed E-state index contributed by atoms with van der Waals surface area (Å²) in [6, 6.07) is 5.49. The molecule has 1 aliphatic rings. The minimum absolute atomic E-state index is 0.0495. The molecule has 2 unspecified atom stereocenters. The van der Waals surface area contributed by atoms with Crippen molar-refractivity contribution in [3.8, 4) is 5.75 Å². The fraction of sp³-hybridized carbons (Fsp3) is 0.533. The molecule has 0 bridgehead atoms. The number of hydrogen-bond donors (Lipinski definition) is 2. The summed E-state index contributed by atoms with van der Waals surface area (Å²) in [5.41, 5.74) is 6.99. The Kier molecular flexibility index (Phi) is 5.17. The molecule has 1 saturated carbocycles. The highest BCUT2D eigenvalue weighted by Crippen LogP contribution is 2.28. The lowest BCUT2D eigenvalue weighted by Gasteiger charge is -2.14. The Morgan fingerprint density at radius 1 is 1.50 bits per heavy atom. The van der Waals surface area contributed by atoms with Gasteiger partial charge in [-0.2, -0.15) is 11.8 Å². The van der Waals surface area contributed by atoms with Crippen LogP contribution >= 0.6 is 11.8 Å². The van der Waals surface area contributed by atoms with E-state index in [1.54, 1.807) is 18.2 Å². The number of ether oxygens (including phenoxy) is 1. The lowest BCUT2D eigenvalue weighted by Crippen LogP contribution is -2.33. The van der Waals surface area contributed by atoms with Crippen molar-refractivity contribution in [2.24, 2.45) is 0 Å². The van der Waals surface area contributed by atoms with E-state index in [1.807, 2.05) is 18.7 Å². The van der Waals surface area contributed by atoms with E-state index in [0.29, 0.717) is 28.9 Å². The Labute approximate surface area is 124 Å². The number of rotatable bonds is 5. The van der Waals surface area contributed by atoms with Gasteiger partial charge >= 0.3 is 0 Å². The number of thioether (sulfide) groups is 1. The lowest BCUT2D eigenvalue weighted by atomic mass is 10.1. The second kappa shape index (κ2) is 6.88. The maximum atomic E-state index is 12.2.